The standard InChI is InChI=1S/4ClH.La/h4*1H;/q;;;;+3/p-3. The van der Waals surface area contributed by atoms with Crippen LogP contribution in [0.4, 0.5) is 0 Å². The van der Waals surface area contributed by atoms with Gasteiger partial charge < -0.3 is 37.2 Å². The quantitative estimate of drug-likeness (QED) is 0.414. The summed E-state index contributed by atoms with van der Waals surface area (Å²) in [6, 6.07) is 0. The van der Waals surface area contributed by atoms with E-state index in [0.717, 1.165) is 0 Å². The molecule has 0 unspecified atom stereocenters. The second-order valence-electron chi connectivity index (χ2n) is 0. The fourth-order valence-electron chi connectivity index (χ4n) is 0. The third-order valence-corrected chi connectivity index (χ3v) is 0. The van der Waals surface area contributed by atoms with E-state index in [4.69, 9.17) is 0 Å². The zero-order valence-electron chi connectivity index (χ0n) is 2.12. The van der Waals surface area contributed by atoms with Gasteiger partial charge in [0.15, 0.2) is 0 Å². The zero-order valence-corrected chi connectivity index (χ0v) is 8.83. The molecule has 0 aromatic rings. The Morgan fingerprint density at radius 3 is 0.600 bits per heavy atom. The molecule has 5 heteroatoms. The zero-order chi connectivity index (χ0) is 0. The van der Waals surface area contributed by atoms with Crippen LogP contribution in [0.2, 0.25) is 0 Å². The SMILES string of the molecule is Cl.[Cl-].[Cl-].[Cl-].[La+3]. The molecule has 0 atom stereocenters. The van der Waals surface area contributed by atoms with Crippen LogP contribution in [0.3, 0.4) is 0 Å². The van der Waals surface area contributed by atoms with Gasteiger partial charge in [-0.1, -0.05) is 0 Å². The third-order valence-electron chi connectivity index (χ3n) is 0. The Hall–Kier alpha value is 2.35. The Labute approximate surface area is 84.1 Å². The van der Waals surface area contributed by atoms with Crippen LogP contribution in [0.25, 0.3) is 0 Å². The van der Waals surface area contributed by atoms with E-state index < -0.39 is 0 Å². The minimum absolute atomic E-state index is 0. The van der Waals surface area contributed by atoms with E-state index in [0.29, 0.717) is 0 Å². The van der Waals surface area contributed by atoms with Crippen molar-refractivity contribution in [2.45, 2.75) is 0 Å². The summed E-state index contributed by atoms with van der Waals surface area (Å²) >= 11 is 0. The first kappa shape index (κ1) is 53.6. The molecule has 0 spiro atoms. The van der Waals surface area contributed by atoms with Crippen LogP contribution in [-0.2, 0) is 0 Å². The van der Waals surface area contributed by atoms with Crippen LogP contribution in [0.5, 0.6) is 0 Å². The summed E-state index contributed by atoms with van der Waals surface area (Å²) in [5, 5.41) is 0. The molecule has 5 heavy (non-hydrogen) atoms. The van der Waals surface area contributed by atoms with Gasteiger partial charge in [-0.15, -0.1) is 12.4 Å². The summed E-state index contributed by atoms with van der Waals surface area (Å²) in [5.41, 5.74) is 0. The van der Waals surface area contributed by atoms with E-state index in [9.17, 15) is 0 Å². The number of hydrogen-bond donors (Lipinski definition) is 0. The number of hydrogen-bond acceptors (Lipinski definition) is 0. The van der Waals surface area contributed by atoms with Crippen molar-refractivity contribution in [1.29, 1.82) is 0 Å². The molecule has 0 aliphatic carbocycles. The second-order valence-corrected chi connectivity index (χ2v) is 0. The molecular formula is HCl4La. The Bertz CT molecular complexity index is 3.61. The van der Waals surface area contributed by atoms with Gasteiger partial charge in [-0.2, -0.15) is 0 Å². The normalized spacial score (nSPS) is 0. The van der Waals surface area contributed by atoms with Crippen LogP contribution < -0.4 is 37.2 Å². The molecule has 0 aromatic carbocycles. The topological polar surface area (TPSA) is 0 Å². The minimum atomic E-state index is 0. The first-order valence-corrected chi connectivity index (χ1v) is 0. The monoisotopic (exact) mass is 280 g/mol. The summed E-state index contributed by atoms with van der Waals surface area (Å²) in [4.78, 5) is 0. The van der Waals surface area contributed by atoms with Gasteiger partial charge in [0, 0.05) is 0 Å². The van der Waals surface area contributed by atoms with Crippen molar-refractivity contribution >= 4 is 12.4 Å². The van der Waals surface area contributed by atoms with E-state index in [-0.39, 0.29) is 85.2 Å². The second kappa shape index (κ2) is 32.9. The van der Waals surface area contributed by atoms with Crippen LogP contribution in [0.1, 0.15) is 0 Å². The molecular weight excluding hydrogens is 281 g/mol. The molecule has 0 rings (SSSR count). The third kappa shape index (κ3) is 21.7. The summed E-state index contributed by atoms with van der Waals surface area (Å²) < 4.78 is 0. The molecule has 0 saturated carbocycles. The molecule has 0 heterocycles. The van der Waals surface area contributed by atoms with Gasteiger partial charge in [-0.05, 0) is 0 Å². The van der Waals surface area contributed by atoms with Gasteiger partial charge in [0.2, 0.25) is 0 Å². The van der Waals surface area contributed by atoms with Crippen molar-refractivity contribution in [1.82, 2.24) is 0 Å². The van der Waals surface area contributed by atoms with E-state index in [1.165, 1.54) is 0 Å². The Morgan fingerprint density at radius 1 is 0.600 bits per heavy atom. The maximum atomic E-state index is 0. The van der Waals surface area contributed by atoms with Crippen molar-refractivity contribution in [2.24, 2.45) is 0 Å². The Kier molecular flexibility index (Phi) is 352. The average Bonchev–Trinajstić information content (AvgIpc) is 0. The van der Waals surface area contributed by atoms with Crippen molar-refractivity contribution in [3.63, 3.8) is 0 Å². The average molecular weight is 282 g/mol. The molecule has 0 nitrogen and oxygen atoms in total. The molecule has 0 aliphatic heterocycles. The summed E-state index contributed by atoms with van der Waals surface area (Å²) in [6.07, 6.45) is 0. The van der Waals surface area contributed by atoms with E-state index in [1.807, 2.05) is 0 Å². The van der Waals surface area contributed by atoms with Gasteiger partial charge in [0.05, 0.1) is 0 Å². The maximum absolute atomic E-state index is 0. The predicted octanol–water partition coefficient (Wildman–Crippen LogP) is -8.57. The van der Waals surface area contributed by atoms with Gasteiger partial charge in [0.1, 0.15) is 0 Å². The van der Waals surface area contributed by atoms with Crippen LogP contribution in [0, 0.1) is 35.6 Å². The van der Waals surface area contributed by atoms with Gasteiger partial charge in [0.25, 0.3) is 0 Å². The molecule has 0 amide bonds. The summed E-state index contributed by atoms with van der Waals surface area (Å²) in [5.74, 6) is 0. The molecule has 0 saturated heterocycles. The van der Waals surface area contributed by atoms with E-state index in [2.05, 4.69) is 0 Å². The smallest absolute Gasteiger partial charge is 1.00 e. The van der Waals surface area contributed by atoms with Crippen LogP contribution in [-0.4, -0.2) is 0 Å². The Morgan fingerprint density at radius 2 is 0.600 bits per heavy atom. The number of halogens is 4. The molecule has 32 valence electrons. The Balaban J connectivity index is 0. The minimum Gasteiger partial charge on any atom is -1.00 e. The molecule has 0 N–H and O–H groups in total. The van der Waals surface area contributed by atoms with Crippen molar-refractivity contribution < 1.29 is 72.8 Å². The first-order chi connectivity index (χ1) is 0. The summed E-state index contributed by atoms with van der Waals surface area (Å²) in [6.45, 7) is 0. The molecule has 0 aromatic heterocycles. The summed E-state index contributed by atoms with van der Waals surface area (Å²) in [7, 11) is 0. The maximum Gasteiger partial charge on any atom is 3.00 e. The number of rotatable bonds is 0. The van der Waals surface area contributed by atoms with Crippen molar-refractivity contribution in [3.05, 3.63) is 0 Å². The van der Waals surface area contributed by atoms with Gasteiger partial charge >= 0.3 is 35.6 Å². The van der Waals surface area contributed by atoms with Gasteiger partial charge in [-0.25, -0.2) is 0 Å². The fourth-order valence-corrected chi connectivity index (χ4v) is 0. The van der Waals surface area contributed by atoms with Crippen molar-refractivity contribution in [2.75, 3.05) is 0 Å². The largest absolute Gasteiger partial charge is 3.00 e. The first-order valence-electron chi connectivity index (χ1n) is 0. The molecule has 0 bridgehead atoms. The van der Waals surface area contributed by atoms with E-state index >= 15 is 0 Å². The molecule has 0 radical (unpaired) electrons. The fraction of sp³-hybridized carbons (Fsp3) is 0. The predicted molar refractivity (Wildman–Crippen MR) is 7.25 cm³/mol. The van der Waals surface area contributed by atoms with E-state index in [1.54, 1.807) is 0 Å². The molecule has 0 aliphatic rings. The van der Waals surface area contributed by atoms with Gasteiger partial charge in [-0.3, -0.25) is 0 Å². The van der Waals surface area contributed by atoms with Crippen LogP contribution in [0.15, 0.2) is 0 Å². The molecule has 0 fully saturated rings. The van der Waals surface area contributed by atoms with Crippen molar-refractivity contribution in [3.8, 4) is 0 Å². The van der Waals surface area contributed by atoms with Crippen LogP contribution >= 0.6 is 12.4 Å².